The number of fused-ring (bicyclic) bond motifs is 2. The third-order valence-electron chi connectivity index (χ3n) is 8.75. The van der Waals surface area contributed by atoms with Crippen LogP contribution in [-0.2, 0) is 10.2 Å². The van der Waals surface area contributed by atoms with Gasteiger partial charge < -0.3 is 19.9 Å². The number of anilines is 2. The molecule has 1 aromatic carbocycles. The second-order valence-electron chi connectivity index (χ2n) is 13.1. The molecule has 1 spiro atoms. The third kappa shape index (κ3) is 6.19. The van der Waals surface area contributed by atoms with E-state index in [9.17, 15) is 22.8 Å². The zero-order valence-corrected chi connectivity index (χ0v) is 26.1. The molecule has 238 valence electrons. The average molecular weight is 642 g/mol. The molecule has 6 rings (SSSR count). The molecule has 3 aliphatic rings. The maximum Gasteiger partial charge on any atom is 0.281 e. The number of pyridine rings is 2. The van der Waals surface area contributed by atoms with Gasteiger partial charge in [-0.15, -0.1) is 0 Å². The molecule has 2 aliphatic heterocycles. The van der Waals surface area contributed by atoms with Crippen molar-refractivity contribution in [1.82, 2.24) is 15.3 Å². The van der Waals surface area contributed by atoms with Crippen molar-refractivity contribution < 1.29 is 27.5 Å². The first-order chi connectivity index (χ1) is 21.3. The normalized spacial score (nSPS) is 20.8. The number of carbonyl (C=O) groups excluding carboxylic acids is 2. The first kappa shape index (κ1) is 31.1. The number of halogens is 4. The summed E-state index contributed by atoms with van der Waals surface area (Å²) in [5.41, 5.74) is -0.606. The molecule has 45 heavy (non-hydrogen) atoms. The molecule has 0 radical (unpaired) electrons. The molecular weight excluding hydrogens is 607 g/mol. The van der Waals surface area contributed by atoms with Crippen LogP contribution in [0.5, 0.6) is 5.88 Å². The van der Waals surface area contributed by atoms with Gasteiger partial charge in [-0.25, -0.2) is 13.2 Å². The quantitative estimate of drug-likeness (QED) is 0.318. The van der Waals surface area contributed by atoms with Crippen molar-refractivity contribution in [3.8, 4) is 5.88 Å². The lowest BCUT2D eigenvalue weighted by Crippen LogP contribution is -2.64. The van der Waals surface area contributed by atoms with Crippen molar-refractivity contribution in [2.24, 2.45) is 5.92 Å². The molecule has 2 aromatic heterocycles. The van der Waals surface area contributed by atoms with Crippen LogP contribution in [0.25, 0.3) is 0 Å². The Morgan fingerprint density at radius 1 is 1.13 bits per heavy atom. The minimum Gasteiger partial charge on any atom is -0.472 e. The van der Waals surface area contributed by atoms with Gasteiger partial charge in [0.1, 0.15) is 28.3 Å². The minimum atomic E-state index is -2.90. The summed E-state index contributed by atoms with van der Waals surface area (Å²) in [6.07, 6.45) is 0.835. The lowest BCUT2D eigenvalue weighted by Gasteiger charge is -2.47. The van der Waals surface area contributed by atoms with Crippen molar-refractivity contribution in [3.63, 3.8) is 0 Å². The van der Waals surface area contributed by atoms with E-state index in [1.54, 1.807) is 17.0 Å². The number of nitrogens with zero attached hydrogens (tertiary/aromatic N) is 4. The molecule has 3 aromatic rings. The third-order valence-corrected chi connectivity index (χ3v) is 8.95. The Hall–Kier alpha value is -3.86. The van der Waals surface area contributed by atoms with E-state index in [1.165, 1.54) is 18.2 Å². The van der Waals surface area contributed by atoms with Crippen LogP contribution in [0.3, 0.4) is 0 Å². The highest BCUT2D eigenvalue weighted by molar-refractivity contribution is 6.30. The number of nitrogens with one attached hydrogen (secondary N) is 1. The molecule has 1 N–H and O–H groups in total. The van der Waals surface area contributed by atoms with E-state index < -0.39 is 34.9 Å². The zero-order valence-electron chi connectivity index (χ0n) is 25.3. The maximum absolute atomic E-state index is 14.5. The van der Waals surface area contributed by atoms with E-state index in [-0.39, 0.29) is 28.5 Å². The van der Waals surface area contributed by atoms with Gasteiger partial charge in [-0.1, -0.05) is 23.7 Å². The van der Waals surface area contributed by atoms with E-state index in [4.69, 9.17) is 16.3 Å². The lowest BCUT2D eigenvalue weighted by atomic mass is 9.74. The van der Waals surface area contributed by atoms with Crippen LogP contribution in [0, 0.1) is 11.7 Å². The van der Waals surface area contributed by atoms with Crippen molar-refractivity contribution in [1.29, 1.82) is 0 Å². The number of carbonyl (C=O) groups is 2. The molecule has 0 bridgehead atoms. The van der Waals surface area contributed by atoms with Crippen LogP contribution >= 0.6 is 11.6 Å². The van der Waals surface area contributed by atoms with E-state index >= 15 is 0 Å². The summed E-state index contributed by atoms with van der Waals surface area (Å²) in [4.78, 5) is 38.9. The van der Waals surface area contributed by atoms with Gasteiger partial charge in [0.05, 0.1) is 16.3 Å². The standard InChI is InChI=1S/C33H35ClF3N5O3/c1-32(2,3)45-27-6-4-5-26(40-27)41-17-33(18-41)24-12-9-21(35)14-25(24)42(31(33)44)16-19-7-10-22(11-8-19)39-30(43)23-13-20(34)15-38-28(23)29(36)37/h4-6,9,12-15,19,22,29H,7-8,10-11,16-18H2,1-3H3,(H,39,43)/t19-,22-. The summed E-state index contributed by atoms with van der Waals surface area (Å²) < 4.78 is 47.2. The first-order valence-corrected chi connectivity index (χ1v) is 15.5. The molecular formula is C33H35ClF3N5O3. The fourth-order valence-electron chi connectivity index (χ4n) is 6.64. The second-order valence-corrected chi connectivity index (χ2v) is 13.6. The van der Waals surface area contributed by atoms with Crippen LogP contribution in [0.2, 0.25) is 5.02 Å². The monoisotopic (exact) mass is 641 g/mol. The fourth-order valence-corrected chi connectivity index (χ4v) is 6.79. The van der Waals surface area contributed by atoms with Gasteiger partial charge in [0.15, 0.2) is 0 Å². The molecule has 4 heterocycles. The molecule has 1 saturated carbocycles. The summed E-state index contributed by atoms with van der Waals surface area (Å²) in [6, 6.07) is 11.1. The number of rotatable bonds is 7. The van der Waals surface area contributed by atoms with Crippen LogP contribution < -0.4 is 19.9 Å². The number of hydrogen-bond donors (Lipinski definition) is 1. The molecule has 1 aliphatic carbocycles. The number of hydrogen-bond acceptors (Lipinski definition) is 6. The van der Waals surface area contributed by atoms with E-state index in [2.05, 4.69) is 15.3 Å². The fraction of sp³-hybridized carbons (Fsp3) is 0.455. The van der Waals surface area contributed by atoms with Crippen LogP contribution in [-0.4, -0.2) is 53.1 Å². The van der Waals surface area contributed by atoms with Crippen LogP contribution in [0.4, 0.5) is 24.7 Å². The van der Waals surface area contributed by atoms with Gasteiger partial charge in [-0.2, -0.15) is 4.98 Å². The van der Waals surface area contributed by atoms with Crippen molar-refractivity contribution in [2.75, 3.05) is 29.4 Å². The second kappa shape index (κ2) is 11.8. The Morgan fingerprint density at radius 3 is 2.56 bits per heavy atom. The largest absolute Gasteiger partial charge is 0.472 e. The van der Waals surface area contributed by atoms with E-state index in [1.807, 2.05) is 37.8 Å². The first-order valence-electron chi connectivity index (χ1n) is 15.1. The molecule has 0 unspecified atom stereocenters. The number of amides is 2. The average Bonchev–Trinajstić information content (AvgIpc) is 3.19. The summed E-state index contributed by atoms with van der Waals surface area (Å²) in [5.74, 6) is 0.259. The van der Waals surface area contributed by atoms with Gasteiger partial charge >= 0.3 is 0 Å². The molecule has 8 nitrogen and oxygen atoms in total. The Balaban J connectivity index is 1.11. The van der Waals surface area contributed by atoms with Crippen LogP contribution in [0.15, 0.2) is 48.7 Å². The Labute approximate surface area is 264 Å². The van der Waals surface area contributed by atoms with Crippen molar-refractivity contribution >= 4 is 34.9 Å². The van der Waals surface area contributed by atoms with Gasteiger partial charge in [-0.3, -0.25) is 14.6 Å². The topological polar surface area (TPSA) is 87.7 Å². The SMILES string of the molecule is CC(C)(C)Oc1cccc(N2CC3(C2)C(=O)N(C[C@H]2CC[C@H](NC(=O)c4cc(Cl)cnc4C(F)F)CC2)c2cc(F)ccc23)n1. The molecule has 0 atom stereocenters. The summed E-state index contributed by atoms with van der Waals surface area (Å²) in [5, 5.41) is 2.95. The lowest BCUT2D eigenvalue weighted by molar-refractivity contribution is -0.124. The maximum atomic E-state index is 14.5. The predicted octanol–water partition coefficient (Wildman–Crippen LogP) is 6.48. The number of benzene rings is 1. The van der Waals surface area contributed by atoms with Crippen molar-refractivity contribution in [2.45, 2.75) is 69.9 Å². The summed E-state index contributed by atoms with van der Waals surface area (Å²) in [6.45, 7) is 7.13. The van der Waals surface area contributed by atoms with Gasteiger partial charge in [-0.05, 0) is 82.2 Å². The predicted molar refractivity (Wildman–Crippen MR) is 165 cm³/mol. The number of ether oxygens (including phenoxy) is 1. The number of aromatic nitrogens is 2. The Morgan fingerprint density at radius 2 is 1.87 bits per heavy atom. The minimum absolute atomic E-state index is 0.0511. The van der Waals surface area contributed by atoms with Gasteiger partial charge in [0, 0.05) is 37.9 Å². The molecule has 2 amide bonds. The van der Waals surface area contributed by atoms with E-state index in [0.717, 1.165) is 11.8 Å². The van der Waals surface area contributed by atoms with E-state index in [0.29, 0.717) is 62.7 Å². The van der Waals surface area contributed by atoms with Gasteiger partial charge in [0.25, 0.3) is 12.3 Å². The summed E-state index contributed by atoms with van der Waals surface area (Å²) >= 11 is 5.91. The molecule has 2 fully saturated rings. The smallest absolute Gasteiger partial charge is 0.281 e. The summed E-state index contributed by atoms with van der Waals surface area (Å²) in [7, 11) is 0. The highest BCUT2D eigenvalue weighted by atomic mass is 35.5. The zero-order chi connectivity index (χ0) is 32.1. The molecule has 12 heteroatoms. The van der Waals surface area contributed by atoms with Gasteiger partial charge in [0.2, 0.25) is 11.8 Å². The van der Waals surface area contributed by atoms with Crippen molar-refractivity contribution in [3.05, 3.63) is 76.3 Å². The van der Waals surface area contributed by atoms with Crippen LogP contribution in [0.1, 0.15) is 74.5 Å². The Bertz CT molecular complexity index is 1620. The molecule has 1 saturated heterocycles. The highest BCUT2D eigenvalue weighted by Gasteiger charge is 2.58. The number of alkyl halides is 2. The highest BCUT2D eigenvalue weighted by Crippen LogP contribution is 2.49. The Kier molecular flexibility index (Phi) is 8.18.